The van der Waals surface area contributed by atoms with E-state index < -0.39 is 0 Å². The van der Waals surface area contributed by atoms with Gasteiger partial charge in [-0.1, -0.05) is 188 Å². The Morgan fingerprint density at radius 2 is 0.667 bits per heavy atom. The summed E-state index contributed by atoms with van der Waals surface area (Å²) in [5.41, 5.74) is 0.362. The van der Waals surface area contributed by atoms with E-state index in [9.17, 15) is 9.59 Å². The van der Waals surface area contributed by atoms with Crippen molar-refractivity contribution in [3.8, 4) is 0 Å². The van der Waals surface area contributed by atoms with Gasteiger partial charge in [0.2, 0.25) is 11.8 Å². The molecule has 6 heteroatoms. The van der Waals surface area contributed by atoms with E-state index in [-0.39, 0.29) is 18.2 Å². The molecular weight excluding hydrogens is 629 g/mol. The maximum Gasteiger partial charge on any atom is 0.247 e. The van der Waals surface area contributed by atoms with Crippen LogP contribution >= 0.6 is 0 Å². The first-order valence-corrected chi connectivity index (χ1v) is 22.7. The molecule has 0 radical (unpaired) electrons. The van der Waals surface area contributed by atoms with E-state index in [2.05, 4.69) is 54.7 Å². The molecule has 0 aromatic heterocycles. The van der Waals surface area contributed by atoms with Gasteiger partial charge in [-0.3, -0.25) is 9.59 Å². The zero-order valence-corrected chi connectivity index (χ0v) is 35.1. The number of hydrogen-bond donors (Lipinski definition) is 2. The predicted octanol–water partition coefficient (Wildman–Crippen LogP) is 11.8. The van der Waals surface area contributed by atoms with Gasteiger partial charge in [0.1, 0.15) is 0 Å². The van der Waals surface area contributed by atoms with Crippen LogP contribution in [0.1, 0.15) is 214 Å². The summed E-state index contributed by atoms with van der Waals surface area (Å²) in [5, 5.41) is 6.15. The molecule has 0 unspecified atom stereocenters. The first kappa shape index (κ1) is 49.6. The van der Waals surface area contributed by atoms with E-state index >= 15 is 0 Å². The molecule has 0 saturated heterocycles. The molecule has 0 spiro atoms. The van der Waals surface area contributed by atoms with Crippen molar-refractivity contribution in [2.75, 3.05) is 52.4 Å². The molecule has 0 heterocycles. The van der Waals surface area contributed by atoms with Crippen LogP contribution in [0, 0.1) is 0 Å². The van der Waals surface area contributed by atoms with Crippen LogP contribution in [0.5, 0.6) is 0 Å². The van der Waals surface area contributed by atoms with Crippen LogP contribution in [0.2, 0.25) is 0 Å². The summed E-state index contributed by atoms with van der Waals surface area (Å²) in [5.74, 6) is -0.280. The van der Waals surface area contributed by atoms with Crippen LogP contribution in [0.15, 0.2) is 12.2 Å². The average Bonchev–Trinajstić information content (AvgIpc) is 3.12. The molecule has 0 aromatic rings. The number of carbonyl (C=O) groups is 2. The Labute approximate surface area is 319 Å². The Kier molecular flexibility index (Phi) is 38.7. The molecule has 51 heavy (non-hydrogen) atoms. The summed E-state index contributed by atoms with van der Waals surface area (Å²) in [4.78, 5) is 30.7. The van der Waals surface area contributed by atoms with E-state index in [1.165, 1.54) is 180 Å². The largest absolute Gasteiger partial charge is 0.355 e. The molecule has 0 fully saturated rings. The van der Waals surface area contributed by atoms with Gasteiger partial charge in [0.15, 0.2) is 0 Å². The van der Waals surface area contributed by atoms with Crippen molar-refractivity contribution in [1.29, 1.82) is 0 Å². The van der Waals surface area contributed by atoms with Crippen LogP contribution in [-0.4, -0.2) is 74.0 Å². The Bertz CT molecular complexity index is 737. The predicted molar refractivity (Wildman–Crippen MR) is 225 cm³/mol. The molecule has 0 saturated carbocycles. The van der Waals surface area contributed by atoms with Crippen molar-refractivity contribution in [1.82, 2.24) is 20.4 Å². The third-order valence-electron chi connectivity index (χ3n) is 10.5. The minimum Gasteiger partial charge on any atom is -0.355 e. The van der Waals surface area contributed by atoms with Crippen LogP contribution in [-0.2, 0) is 9.59 Å². The number of carbonyl (C=O) groups excluding carboxylic acids is 2. The van der Waals surface area contributed by atoms with Gasteiger partial charge in [-0.15, -0.1) is 0 Å². The lowest BCUT2D eigenvalue weighted by molar-refractivity contribution is -0.123. The lowest BCUT2D eigenvalue weighted by atomic mass is 10.1. The fourth-order valence-electron chi connectivity index (χ4n) is 6.98. The Balaban J connectivity index is 4.54. The molecule has 0 rings (SSSR count). The van der Waals surface area contributed by atoms with Gasteiger partial charge < -0.3 is 20.4 Å². The lowest BCUT2D eigenvalue weighted by Crippen LogP contribution is -2.38. The van der Waals surface area contributed by atoms with Crippen LogP contribution < -0.4 is 10.6 Å². The summed E-state index contributed by atoms with van der Waals surface area (Å²) in [7, 11) is 0. The number of nitrogens with zero attached hydrogens (tertiary/aromatic N) is 2. The molecule has 0 aliphatic carbocycles. The second kappa shape index (κ2) is 39.8. The molecule has 6 nitrogen and oxygen atoms in total. The normalized spacial score (nSPS) is 11.5. The molecule has 0 aliphatic heterocycles. The minimum atomic E-state index is -0.184. The summed E-state index contributed by atoms with van der Waals surface area (Å²) >= 11 is 0. The van der Waals surface area contributed by atoms with Gasteiger partial charge in [0.05, 0.1) is 6.42 Å². The standard InChI is InChI=1S/C45H90N4O2/c1-6-10-14-18-22-26-30-36-48(37-31-27-23-19-15-11-7-2)40-34-46-44(50)42-43(5)45(51)47-35-41-49(38-32-28-24-20-16-12-8-3)39-33-29-25-21-17-13-9-4/h5-42H2,1-4H3,(H,46,50)(H,47,51). The third kappa shape index (κ3) is 35.4. The highest BCUT2D eigenvalue weighted by molar-refractivity contribution is 5.98. The van der Waals surface area contributed by atoms with Gasteiger partial charge in [-0.05, 0) is 51.9 Å². The number of rotatable bonds is 41. The van der Waals surface area contributed by atoms with Crippen LogP contribution in [0.25, 0.3) is 0 Å². The monoisotopic (exact) mass is 719 g/mol. The zero-order valence-electron chi connectivity index (χ0n) is 35.1. The average molecular weight is 719 g/mol. The highest BCUT2D eigenvalue weighted by Crippen LogP contribution is 2.12. The fraction of sp³-hybridized carbons (Fsp3) is 0.911. The van der Waals surface area contributed by atoms with Gasteiger partial charge in [-0.25, -0.2) is 0 Å². The second-order valence-electron chi connectivity index (χ2n) is 15.6. The van der Waals surface area contributed by atoms with Gasteiger partial charge >= 0.3 is 0 Å². The highest BCUT2D eigenvalue weighted by atomic mass is 16.2. The third-order valence-corrected chi connectivity index (χ3v) is 10.5. The van der Waals surface area contributed by atoms with E-state index in [4.69, 9.17) is 0 Å². The molecular formula is C45H90N4O2. The molecule has 302 valence electrons. The maximum absolute atomic E-state index is 12.9. The molecule has 0 aliphatic rings. The summed E-state index contributed by atoms with van der Waals surface area (Å²) < 4.78 is 0. The lowest BCUT2D eigenvalue weighted by Gasteiger charge is -2.23. The van der Waals surface area contributed by atoms with E-state index in [1.54, 1.807) is 0 Å². The van der Waals surface area contributed by atoms with Crippen molar-refractivity contribution in [3.05, 3.63) is 12.2 Å². The SMILES string of the molecule is C=C(CC(=O)NCCN(CCCCCCCCC)CCCCCCCCC)C(=O)NCCN(CCCCCCCCC)CCCCCCCCC. The topological polar surface area (TPSA) is 64.7 Å². The summed E-state index contributed by atoms with van der Waals surface area (Å²) in [6.07, 6.45) is 37.1. The van der Waals surface area contributed by atoms with E-state index in [1.807, 2.05) is 0 Å². The first-order valence-electron chi connectivity index (χ1n) is 22.7. The number of nitrogens with one attached hydrogen (secondary N) is 2. The molecule has 0 atom stereocenters. The molecule has 0 bridgehead atoms. The van der Waals surface area contributed by atoms with Gasteiger partial charge in [0.25, 0.3) is 0 Å². The Morgan fingerprint density at radius 1 is 0.392 bits per heavy atom. The van der Waals surface area contributed by atoms with Crippen molar-refractivity contribution < 1.29 is 9.59 Å². The first-order chi connectivity index (χ1) is 25.0. The molecule has 2 amide bonds. The fourth-order valence-corrected chi connectivity index (χ4v) is 6.98. The van der Waals surface area contributed by atoms with Gasteiger partial charge in [-0.2, -0.15) is 0 Å². The highest BCUT2D eigenvalue weighted by Gasteiger charge is 2.13. The number of hydrogen-bond acceptors (Lipinski definition) is 4. The number of amides is 2. The summed E-state index contributed by atoms with van der Waals surface area (Å²) in [6, 6.07) is 0. The molecule has 0 aromatic carbocycles. The van der Waals surface area contributed by atoms with Gasteiger partial charge in [0, 0.05) is 31.8 Å². The van der Waals surface area contributed by atoms with Crippen LogP contribution in [0.3, 0.4) is 0 Å². The quantitative estimate of drug-likeness (QED) is 0.0488. The van der Waals surface area contributed by atoms with Crippen molar-refractivity contribution >= 4 is 11.8 Å². The minimum absolute atomic E-state index is 0.0706. The second-order valence-corrected chi connectivity index (χ2v) is 15.6. The van der Waals surface area contributed by atoms with E-state index in [0.717, 1.165) is 39.3 Å². The summed E-state index contributed by atoms with van der Waals surface area (Å²) in [6.45, 7) is 20.5. The smallest absolute Gasteiger partial charge is 0.247 e. The van der Waals surface area contributed by atoms with Crippen molar-refractivity contribution in [3.63, 3.8) is 0 Å². The van der Waals surface area contributed by atoms with Crippen molar-refractivity contribution in [2.45, 2.75) is 214 Å². The maximum atomic E-state index is 12.9. The zero-order chi connectivity index (χ0) is 37.5. The number of unbranched alkanes of at least 4 members (excludes halogenated alkanes) is 24. The Hall–Kier alpha value is -1.40. The van der Waals surface area contributed by atoms with Crippen molar-refractivity contribution in [2.24, 2.45) is 0 Å². The Morgan fingerprint density at radius 3 is 0.980 bits per heavy atom. The molecule has 2 N–H and O–H groups in total. The van der Waals surface area contributed by atoms with E-state index in [0.29, 0.717) is 18.7 Å². The van der Waals surface area contributed by atoms with Crippen LogP contribution in [0.4, 0.5) is 0 Å².